The number of fused-ring (bicyclic) bond motifs is 1. The van der Waals surface area contributed by atoms with Gasteiger partial charge in [-0.15, -0.1) is 0 Å². The quantitative estimate of drug-likeness (QED) is 0.689. The van der Waals surface area contributed by atoms with Crippen LogP contribution in [0.15, 0.2) is 12.5 Å². The van der Waals surface area contributed by atoms with Crippen LogP contribution in [0.25, 0.3) is 11.0 Å². The van der Waals surface area contributed by atoms with Gasteiger partial charge in [0.05, 0.1) is 16.6 Å². The fourth-order valence-corrected chi connectivity index (χ4v) is 3.92. The third-order valence-corrected chi connectivity index (χ3v) is 6.57. The summed E-state index contributed by atoms with van der Waals surface area (Å²) >= 11 is 0. The summed E-state index contributed by atoms with van der Waals surface area (Å²) in [6.07, 6.45) is 3.70. The Labute approximate surface area is 193 Å². The molecule has 2 aromatic heterocycles. The molecule has 1 aliphatic heterocycles. The second-order valence-electron chi connectivity index (χ2n) is 10.7. The average molecular weight is 458 g/mol. The number of anilines is 1. The maximum Gasteiger partial charge on any atom is 0.497 e. The Hall–Kier alpha value is -2.66. The normalized spacial score (nSPS) is 20.0. The molecule has 4 rings (SSSR count). The molecule has 0 aromatic carbocycles. The van der Waals surface area contributed by atoms with E-state index in [1.54, 1.807) is 20.8 Å². The first-order chi connectivity index (χ1) is 15.2. The lowest BCUT2D eigenvalue weighted by molar-refractivity contribution is 0.00578. The van der Waals surface area contributed by atoms with Crippen molar-refractivity contribution in [3.63, 3.8) is 0 Å². The molecule has 1 aliphatic carbocycles. The number of rotatable bonds is 3. The van der Waals surface area contributed by atoms with Crippen molar-refractivity contribution in [2.45, 2.75) is 90.6 Å². The Balaban J connectivity index is 1.90. The zero-order valence-corrected chi connectivity index (χ0v) is 20.2. The lowest BCUT2D eigenvalue weighted by atomic mass is 9.79. The Bertz CT molecular complexity index is 1090. The molecule has 2 amide bonds. The monoisotopic (exact) mass is 458 g/mol. The molecular weight excluding hydrogens is 427 g/mol. The van der Waals surface area contributed by atoms with E-state index >= 15 is 0 Å². The predicted octanol–water partition coefficient (Wildman–Crippen LogP) is 3.88. The summed E-state index contributed by atoms with van der Waals surface area (Å²) in [5, 5.41) is 10.3. The molecule has 2 fully saturated rings. The number of carbonyl (C=O) groups excluding carboxylic acids is 1. The van der Waals surface area contributed by atoms with Crippen LogP contribution in [0, 0.1) is 0 Å². The van der Waals surface area contributed by atoms with Gasteiger partial charge in [0.15, 0.2) is 5.82 Å². The van der Waals surface area contributed by atoms with E-state index in [-0.39, 0.29) is 11.9 Å². The third-order valence-electron chi connectivity index (χ3n) is 6.57. The number of hydrogen-bond donors (Lipinski definition) is 1. The Morgan fingerprint density at radius 2 is 1.79 bits per heavy atom. The van der Waals surface area contributed by atoms with Crippen LogP contribution >= 0.6 is 0 Å². The predicted molar refractivity (Wildman–Crippen MR) is 123 cm³/mol. The van der Waals surface area contributed by atoms with Gasteiger partial charge in [0.2, 0.25) is 0 Å². The smallest absolute Gasteiger partial charge is 0.464 e. The van der Waals surface area contributed by atoms with Crippen LogP contribution in [0.5, 0.6) is 0 Å². The average Bonchev–Trinajstić information content (AvgIpc) is 3.07. The molecule has 0 spiro atoms. The first kappa shape index (κ1) is 23.5. The van der Waals surface area contributed by atoms with E-state index < -0.39 is 36.1 Å². The van der Waals surface area contributed by atoms with E-state index in [1.807, 2.05) is 38.5 Å². The zero-order chi connectivity index (χ0) is 24.3. The number of ether oxygens (including phenoxy) is 1. The van der Waals surface area contributed by atoms with Gasteiger partial charge in [-0.25, -0.2) is 19.6 Å². The first-order valence-electron chi connectivity index (χ1n) is 11.2. The first-order valence-corrected chi connectivity index (χ1v) is 11.2. The standard InChI is InChI=1S/C22H31BN4O6/c1-20(2,3)31-19(30)27(18(28)29)17-15-14(23-32-21(4,5)22(6,7)33-23)11-26(13-9-8-10-13)16(15)24-12-25-17/h11-13H,8-10H2,1-7H3,(H,28,29). The van der Waals surface area contributed by atoms with Crippen molar-refractivity contribution < 1.29 is 28.7 Å². The van der Waals surface area contributed by atoms with Gasteiger partial charge in [-0.2, -0.15) is 4.90 Å². The van der Waals surface area contributed by atoms with E-state index in [1.165, 1.54) is 6.33 Å². The van der Waals surface area contributed by atoms with Crippen LogP contribution in [0.2, 0.25) is 0 Å². The van der Waals surface area contributed by atoms with Crippen molar-refractivity contribution in [1.29, 1.82) is 0 Å². The fourth-order valence-electron chi connectivity index (χ4n) is 3.92. The minimum atomic E-state index is -1.50. The van der Waals surface area contributed by atoms with Crippen LogP contribution in [0.4, 0.5) is 15.4 Å². The number of carbonyl (C=O) groups is 2. The summed E-state index contributed by atoms with van der Waals surface area (Å²) in [5.41, 5.74) is -0.972. The van der Waals surface area contributed by atoms with Gasteiger partial charge >= 0.3 is 19.3 Å². The van der Waals surface area contributed by atoms with Crippen LogP contribution in [0.3, 0.4) is 0 Å². The number of amides is 2. The lowest BCUT2D eigenvalue weighted by Crippen LogP contribution is -2.42. The van der Waals surface area contributed by atoms with Gasteiger partial charge in [-0.1, -0.05) is 0 Å². The third kappa shape index (κ3) is 4.08. The minimum absolute atomic E-state index is 0.0791. The number of aromatic nitrogens is 3. The topological polar surface area (TPSA) is 116 Å². The molecular formula is C22H31BN4O6. The molecule has 1 saturated carbocycles. The Morgan fingerprint density at radius 3 is 2.27 bits per heavy atom. The van der Waals surface area contributed by atoms with E-state index in [9.17, 15) is 14.7 Å². The van der Waals surface area contributed by atoms with E-state index in [0.29, 0.717) is 21.4 Å². The molecule has 0 unspecified atom stereocenters. The van der Waals surface area contributed by atoms with Crippen molar-refractivity contribution >= 4 is 41.6 Å². The van der Waals surface area contributed by atoms with Crippen molar-refractivity contribution in [2.75, 3.05) is 4.90 Å². The van der Waals surface area contributed by atoms with Gasteiger partial charge in [-0.05, 0) is 67.7 Å². The van der Waals surface area contributed by atoms with Crippen LogP contribution in [-0.2, 0) is 14.0 Å². The van der Waals surface area contributed by atoms with Crippen LogP contribution in [-0.4, -0.2) is 55.7 Å². The zero-order valence-electron chi connectivity index (χ0n) is 20.2. The number of hydrogen-bond acceptors (Lipinski definition) is 7. The SMILES string of the molecule is CC(C)(C)OC(=O)N(C(=O)O)c1ncnc2c1c(B1OC(C)(C)C(C)(C)O1)cn2C1CCC1. The minimum Gasteiger partial charge on any atom is -0.464 e. The van der Waals surface area contributed by atoms with Crippen molar-refractivity contribution in [1.82, 2.24) is 14.5 Å². The highest BCUT2D eigenvalue weighted by atomic mass is 16.7. The molecule has 2 aliphatic rings. The fraction of sp³-hybridized carbons (Fsp3) is 0.636. The Kier molecular flexibility index (Phi) is 5.48. The van der Waals surface area contributed by atoms with Crippen molar-refractivity contribution in [3.05, 3.63) is 12.5 Å². The summed E-state index contributed by atoms with van der Waals surface area (Å²) < 4.78 is 19.9. The molecule has 178 valence electrons. The van der Waals surface area contributed by atoms with Crippen LogP contribution < -0.4 is 10.4 Å². The van der Waals surface area contributed by atoms with Gasteiger partial charge in [-0.3, -0.25) is 0 Å². The summed E-state index contributed by atoms with van der Waals surface area (Å²) in [6, 6.07) is 0.228. The summed E-state index contributed by atoms with van der Waals surface area (Å²) in [5.74, 6) is -0.0791. The summed E-state index contributed by atoms with van der Waals surface area (Å²) in [7, 11) is -0.780. The maximum atomic E-state index is 12.9. The molecule has 33 heavy (non-hydrogen) atoms. The second kappa shape index (κ2) is 7.70. The summed E-state index contributed by atoms with van der Waals surface area (Å²) in [6.45, 7) is 12.8. The molecule has 1 saturated heterocycles. The molecule has 0 atom stereocenters. The van der Waals surface area contributed by atoms with Gasteiger partial charge in [0.1, 0.15) is 17.6 Å². The van der Waals surface area contributed by atoms with E-state index in [4.69, 9.17) is 14.0 Å². The largest absolute Gasteiger partial charge is 0.497 e. The number of nitrogens with zero attached hydrogens (tertiary/aromatic N) is 4. The lowest BCUT2D eigenvalue weighted by Gasteiger charge is -2.32. The van der Waals surface area contributed by atoms with E-state index in [0.717, 1.165) is 19.3 Å². The molecule has 0 bridgehead atoms. The molecule has 10 nitrogen and oxygen atoms in total. The maximum absolute atomic E-state index is 12.9. The highest BCUT2D eigenvalue weighted by molar-refractivity contribution is 6.65. The van der Waals surface area contributed by atoms with Gasteiger partial charge < -0.3 is 23.7 Å². The van der Waals surface area contributed by atoms with Crippen LogP contribution in [0.1, 0.15) is 73.8 Å². The highest BCUT2D eigenvalue weighted by Crippen LogP contribution is 2.40. The van der Waals surface area contributed by atoms with Crippen molar-refractivity contribution in [3.8, 4) is 0 Å². The molecule has 2 aromatic rings. The highest BCUT2D eigenvalue weighted by Gasteiger charge is 2.53. The summed E-state index contributed by atoms with van der Waals surface area (Å²) in [4.78, 5) is 34.3. The molecule has 3 heterocycles. The number of carboxylic acid groups (broad SMARTS) is 1. The van der Waals surface area contributed by atoms with Crippen molar-refractivity contribution in [2.24, 2.45) is 0 Å². The number of imide groups is 1. The molecule has 0 radical (unpaired) electrons. The van der Waals surface area contributed by atoms with E-state index in [2.05, 4.69) is 9.97 Å². The van der Waals surface area contributed by atoms with Gasteiger partial charge in [0.25, 0.3) is 0 Å². The Morgan fingerprint density at radius 1 is 1.18 bits per heavy atom. The second-order valence-corrected chi connectivity index (χ2v) is 10.7. The van der Waals surface area contributed by atoms with Gasteiger partial charge in [0, 0.05) is 17.7 Å². The molecule has 11 heteroatoms. The molecule has 1 N–H and O–H groups in total.